The van der Waals surface area contributed by atoms with Crippen LogP contribution < -0.4 is 15.0 Å². The molecule has 9 heteroatoms. The molecule has 0 aliphatic heterocycles. The van der Waals surface area contributed by atoms with Crippen LogP contribution in [0, 0.1) is 11.6 Å². The lowest BCUT2D eigenvalue weighted by atomic mass is 10.2. The van der Waals surface area contributed by atoms with Crippen LogP contribution in [0.15, 0.2) is 64.0 Å². The van der Waals surface area contributed by atoms with Gasteiger partial charge in [-0.25, -0.2) is 8.78 Å². The van der Waals surface area contributed by atoms with Crippen LogP contribution in [-0.4, -0.2) is 28.9 Å². The van der Waals surface area contributed by atoms with E-state index < -0.39 is 11.6 Å². The fraction of sp³-hybridized carbons (Fsp3) is 0.136. The fourth-order valence-corrected chi connectivity index (χ4v) is 3.11. The molecule has 0 bridgehead atoms. The van der Waals surface area contributed by atoms with Gasteiger partial charge in [0.05, 0.1) is 26.3 Å². The van der Waals surface area contributed by atoms with E-state index in [9.17, 15) is 13.6 Å². The monoisotopic (exact) mass is 425 g/mol. The molecule has 2 aromatic carbocycles. The van der Waals surface area contributed by atoms with Crippen molar-refractivity contribution in [3.8, 4) is 34.3 Å². The molecule has 2 aromatic heterocycles. The Kier molecular flexibility index (Phi) is 5.48. The van der Waals surface area contributed by atoms with Gasteiger partial charge in [0.2, 0.25) is 5.82 Å². The van der Waals surface area contributed by atoms with Crippen LogP contribution in [0.1, 0.15) is 5.56 Å². The van der Waals surface area contributed by atoms with Gasteiger partial charge < -0.3 is 18.6 Å². The van der Waals surface area contributed by atoms with Gasteiger partial charge in [-0.05, 0) is 42.0 Å². The second-order valence-corrected chi connectivity index (χ2v) is 6.65. The van der Waals surface area contributed by atoms with Crippen LogP contribution in [-0.2, 0) is 6.54 Å². The first-order valence-corrected chi connectivity index (χ1v) is 9.19. The van der Waals surface area contributed by atoms with E-state index in [1.54, 1.807) is 18.2 Å². The van der Waals surface area contributed by atoms with Gasteiger partial charge in [-0.1, -0.05) is 5.16 Å². The zero-order valence-corrected chi connectivity index (χ0v) is 16.6. The standard InChI is InChI=1S/C22H17F2N3O4/c1-29-18-5-3-14(9-19(18)30-2)21-25-22(31-26-21)15-4-6-20(28)27(12-15)11-13-7-16(23)10-17(24)8-13/h3-10,12H,11H2,1-2H3. The molecule has 31 heavy (non-hydrogen) atoms. The van der Waals surface area contributed by atoms with Gasteiger partial charge in [-0.3, -0.25) is 4.79 Å². The summed E-state index contributed by atoms with van der Waals surface area (Å²) in [6, 6.07) is 11.2. The fourth-order valence-electron chi connectivity index (χ4n) is 3.11. The second kappa shape index (κ2) is 8.39. The van der Waals surface area contributed by atoms with Crippen molar-refractivity contribution in [3.63, 3.8) is 0 Å². The largest absolute Gasteiger partial charge is 0.493 e. The highest BCUT2D eigenvalue weighted by Gasteiger charge is 2.14. The molecule has 0 N–H and O–H groups in total. The van der Waals surface area contributed by atoms with Crippen LogP contribution in [0.4, 0.5) is 8.78 Å². The Bertz CT molecular complexity index is 1280. The van der Waals surface area contributed by atoms with Gasteiger partial charge >= 0.3 is 0 Å². The number of hydrogen-bond donors (Lipinski definition) is 0. The van der Waals surface area contributed by atoms with Crippen molar-refractivity contribution in [1.29, 1.82) is 0 Å². The van der Waals surface area contributed by atoms with E-state index in [2.05, 4.69) is 10.1 Å². The smallest absolute Gasteiger partial charge is 0.259 e. The number of methoxy groups -OCH3 is 2. The van der Waals surface area contributed by atoms with Crippen molar-refractivity contribution in [2.24, 2.45) is 0 Å². The van der Waals surface area contributed by atoms with E-state index in [4.69, 9.17) is 14.0 Å². The minimum atomic E-state index is -0.712. The van der Waals surface area contributed by atoms with Crippen molar-refractivity contribution < 1.29 is 22.8 Å². The third-order valence-electron chi connectivity index (χ3n) is 4.57. The first-order valence-electron chi connectivity index (χ1n) is 9.19. The van der Waals surface area contributed by atoms with E-state index >= 15 is 0 Å². The minimum absolute atomic E-state index is 0.0158. The summed E-state index contributed by atoms with van der Waals surface area (Å²) >= 11 is 0. The lowest BCUT2D eigenvalue weighted by Gasteiger charge is -2.08. The second-order valence-electron chi connectivity index (χ2n) is 6.65. The normalized spacial score (nSPS) is 10.8. The van der Waals surface area contributed by atoms with Crippen molar-refractivity contribution >= 4 is 0 Å². The Labute approximate surface area is 175 Å². The number of rotatable bonds is 6. The molecular weight excluding hydrogens is 408 g/mol. The van der Waals surface area contributed by atoms with Crippen molar-refractivity contribution in [2.75, 3.05) is 14.2 Å². The predicted molar refractivity (Wildman–Crippen MR) is 108 cm³/mol. The quantitative estimate of drug-likeness (QED) is 0.466. The van der Waals surface area contributed by atoms with E-state index in [0.717, 1.165) is 6.07 Å². The van der Waals surface area contributed by atoms with Gasteiger partial charge in [-0.15, -0.1) is 0 Å². The average molecular weight is 425 g/mol. The zero-order valence-electron chi connectivity index (χ0n) is 16.6. The first kappa shape index (κ1) is 20.3. The van der Waals surface area contributed by atoms with Crippen LogP contribution in [0.3, 0.4) is 0 Å². The van der Waals surface area contributed by atoms with E-state index in [-0.39, 0.29) is 18.0 Å². The summed E-state index contributed by atoms with van der Waals surface area (Å²) in [5.74, 6) is 0.161. The molecule has 158 valence electrons. The molecule has 4 rings (SSSR count). The SMILES string of the molecule is COc1ccc(-c2noc(-c3ccc(=O)n(Cc4cc(F)cc(F)c4)c3)n2)cc1OC. The summed E-state index contributed by atoms with van der Waals surface area (Å²) in [7, 11) is 3.06. The maximum Gasteiger partial charge on any atom is 0.259 e. The van der Waals surface area contributed by atoms with Gasteiger partial charge in [0.1, 0.15) is 11.6 Å². The maximum atomic E-state index is 13.5. The number of benzene rings is 2. The van der Waals surface area contributed by atoms with Gasteiger partial charge in [0.25, 0.3) is 11.4 Å². The third-order valence-corrected chi connectivity index (χ3v) is 4.57. The van der Waals surface area contributed by atoms with Crippen molar-refractivity contribution in [1.82, 2.24) is 14.7 Å². The average Bonchev–Trinajstić information content (AvgIpc) is 3.24. The van der Waals surface area contributed by atoms with Crippen LogP contribution >= 0.6 is 0 Å². The number of aromatic nitrogens is 3. The van der Waals surface area contributed by atoms with Gasteiger partial charge in [0, 0.05) is 23.9 Å². The Hall–Kier alpha value is -4.01. The Morgan fingerprint density at radius 3 is 2.35 bits per heavy atom. The molecule has 2 heterocycles. The summed E-state index contributed by atoms with van der Waals surface area (Å²) in [6.45, 7) is -0.0158. The molecule has 0 amide bonds. The number of ether oxygens (including phenoxy) is 2. The zero-order chi connectivity index (χ0) is 22.0. The number of nitrogens with zero attached hydrogens (tertiary/aromatic N) is 3. The summed E-state index contributed by atoms with van der Waals surface area (Å²) in [5.41, 5.74) is 1.10. The lowest BCUT2D eigenvalue weighted by Crippen LogP contribution is -2.19. The highest BCUT2D eigenvalue weighted by Crippen LogP contribution is 2.32. The molecule has 0 radical (unpaired) electrons. The van der Waals surface area contributed by atoms with Crippen LogP contribution in [0.2, 0.25) is 0 Å². The van der Waals surface area contributed by atoms with Crippen LogP contribution in [0.25, 0.3) is 22.8 Å². The van der Waals surface area contributed by atoms with Crippen molar-refractivity contribution in [3.05, 3.63) is 82.3 Å². The molecule has 0 spiro atoms. The van der Waals surface area contributed by atoms with Crippen LogP contribution in [0.5, 0.6) is 11.5 Å². The summed E-state index contributed by atoms with van der Waals surface area (Å²) in [4.78, 5) is 16.6. The van der Waals surface area contributed by atoms with E-state index in [1.165, 1.54) is 49.2 Å². The lowest BCUT2D eigenvalue weighted by molar-refractivity contribution is 0.355. The molecule has 0 unspecified atom stereocenters. The molecule has 0 saturated carbocycles. The Morgan fingerprint density at radius 2 is 1.65 bits per heavy atom. The van der Waals surface area contributed by atoms with Crippen molar-refractivity contribution in [2.45, 2.75) is 6.54 Å². The van der Waals surface area contributed by atoms with Gasteiger partial charge in [-0.2, -0.15) is 4.98 Å². The minimum Gasteiger partial charge on any atom is -0.493 e. The summed E-state index contributed by atoms with van der Waals surface area (Å²) in [6.07, 6.45) is 1.50. The molecule has 0 aliphatic rings. The molecule has 0 saturated heterocycles. The Morgan fingerprint density at radius 1 is 0.935 bits per heavy atom. The molecule has 4 aromatic rings. The van der Waals surface area contributed by atoms with E-state index in [1.807, 2.05) is 0 Å². The Balaban J connectivity index is 1.65. The number of pyridine rings is 1. The summed E-state index contributed by atoms with van der Waals surface area (Å²) in [5, 5.41) is 3.98. The topological polar surface area (TPSA) is 79.4 Å². The third kappa shape index (κ3) is 4.30. The predicted octanol–water partition coefficient (Wildman–Crippen LogP) is 3.91. The maximum absolute atomic E-state index is 13.5. The first-order chi connectivity index (χ1) is 15.0. The molecular formula is C22H17F2N3O4. The highest BCUT2D eigenvalue weighted by molar-refractivity contribution is 5.63. The molecule has 0 fully saturated rings. The number of halogens is 2. The van der Waals surface area contributed by atoms with Gasteiger partial charge in [0.15, 0.2) is 11.5 Å². The van der Waals surface area contributed by atoms with E-state index in [0.29, 0.717) is 34.0 Å². The number of hydrogen-bond acceptors (Lipinski definition) is 6. The molecule has 7 nitrogen and oxygen atoms in total. The highest BCUT2D eigenvalue weighted by atomic mass is 19.1. The summed E-state index contributed by atoms with van der Waals surface area (Å²) < 4.78 is 44.1. The molecule has 0 atom stereocenters. The molecule has 0 aliphatic carbocycles.